The molecule has 1 aromatic heterocycles. The molecule has 1 saturated carbocycles. The molecule has 104 valence electrons. The third-order valence-corrected chi connectivity index (χ3v) is 7.11. The van der Waals surface area contributed by atoms with E-state index in [0.717, 1.165) is 35.6 Å². The van der Waals surface area contributed by atoms with Crippen LogP contribution in [0.3, 0.4) is 0 Å². The first-order chi connectivity index (χ1) is 8.93. The van der Waals surface area contributed by atoms with E-state index in [2.05, 4.69) is 0 Å². The number of fused-ring (bicyclic) bond motifs is 2. The molecule has 2 atom stereocenters. The van der Waals surface area contributed by atoms with Crippen LogP contribution in [0.15, 0.2) is 16.3 Å². The van der Waals surface area contributed by atoms with Gasteiger partial charge in [0.05, 0.1) is 6.42 Å². The van der Waals surface area contributed by atoms with Crippen LogP contribution in [0.5, 0.6) is 0 Å². The summed E-state index contributed by atoms with van der Waals surface area (Å²) in [6.45, 7) is 0.871. The van der Waals surface area contributed by atoms with Crippen molar-refractivity contribution >= 4 is 37.0 Å². The van der Waals surface area contributed by atoms with Gasteiger partial charge in [0.25, 0.3) is 9.05 Å². The summed E-state index contributed by atoms with van der Waals surface area (Å²) < 4.78 is 22.5. The molecule has 7 heteroatoms. The maximum Gasteiger partial charge on any atom is 0.270 e. The number of likely N-dealkylation sites (tertiary alicyclic amines) is 1. The first-order valence-corrected chi connectivity index (χ1v) is 9.39. The molecule has 1 aliphatic carbocycles. The van der Waals surface area contributed by atoms with Gasteiger partial charge >= 0.3 is 0 Å². The quantitative estimate of drug-likeness (QED) is 0.803. The molecule has 1 aliphatic heterocycles. The molecular weight excluding hydrogens is 306 g/mol. The molecule has 0 spiro atoms. The number of piperidine rings is 1. The molecule has 1 amide bonds. The molecule has 2 heterocycles. The highest BCUT2D eigenvalue weighted by molar-refractivity contribution is 8.15. The number of rotatable bonds is 3. The standard InChI is InChI=1S/C12H14ClNO3S2/c13-19(16,17)12-4-3-10(18-12)6-11(15)14-7-8-1-2-9(14)5-8/h3-4,8-9H,1-2,5-7H2. The van der Waals surface area contributed by atoms with E-state index in [9.17, 15) is 13.2 Å². The van der Waals surface area contributed by atoms with E-state index in [4.69, 9.17) is 10.7 Å². The Morgan fingerprint density at radius 2 is 2.21 bits per heavy atom. The Bertz CT molecular complexity index is 610. The normalized spacial score (nSPS) is 26.1. The summed E-state index contributed by atoms with van der Waals surface area (Å²) in [6, 6.07) is 3.55. The van der Waals surface area contributed by atoms with Gasteiger partial charge in [0, 0.05) is 28.1 Å². The largest absolute Gasteiger partial charge is 0.339 e. The van der Waals surface area contributed by atoms with Gasteiger partial charge in [0.2, 0.25) is 5.91 Å². The molecule has 1 saturated heterocycles. The Balaban J connectivity index is 1.68. The molecule has 2 bridgehead atoms. The number of thiophene rings is 1. The zero-order valence-corrected chi connectivity index (χ0v) is 12.6. The Labute approximate surface area is 120 Å². The van der Waals surface area contributed by atoms with E-state index >= 15 is 0 Å². The fourth-order valence-electron chi connectivity index (χ4n) is 3.07. The van der Waals surface area contributed by atoms with Gasteiger partial charge < -0.3 is 4.90 Å². The monoisotopic (exact) mass is 319 g/mol. The summed E-state index contributed by atoms with van der Waals surface area (Å²) in [5.41, 5.74) is 0. The zero-order valence-electron chi connectivity index (χ0n) is 10.2. The number of hydrogen-bond donors (Lipinski definition) is 0. The Hall–Kier alpha value is -0.590. The zero-order chi connectivity index (χ0) is 13.6. The molecule has 2 aliphatic rings. The molecule has 0 N–H and O–H groups in total. The number of carbonyl (C=O) groups is 1. The smallest absolute Gasteiger partial charge is 0.270 e. The summed E-state index contributed by atoms with van der Waals surface area (Å²) >= 11 is 1.08. The maximum atomic E-state index is 12.2. The highest BCUT2D eigenvalue weighted by Gasteiger charge is 2.40. The van der Waals surface area contributed by atoms with Crippen molar-refractivity contribution in [1.82, 2.24) is 4.90 Å². The van der Waals surface area contributed by atoms with Crippen LogP contribution in [-0.2, 0) is 20.3 Å². The molecule has 3 rings (SSSR count). The molecule has 1 aromatic rings. The van der Waals surface area contributed by atoms with Crippen LogP contribution in [0.25, 0.3) is 0 Å². The van der Waals surface area contributed by atoms with Crippen molar-refractivity contribution in [2.75, 3.05) is 6.54 Å². The van der Waals surface area contributed by atoms with Crippen LogP contribution in [0.2, 0.25) is 0 Å². The first kappa shape index (κ1) is 13.4. The molecule has 0 aromatic carbocycles. The van der Waals surface area contributed by atoms with Gasteiger partial charge in [-0.3, -0.25) is 4.79 Å². The van der Waals surface area contributed by atoms with Crippen molar-refractivity contribution < 1.29 is 13.2 Å². The van der Waals surface area contributed by atoms with Crippen molar-refractivity contribution in [2.24, 2.45) is 5.92 Å². The Morgan fingerprint density at radius 3 is 2.74 bits per heavy atom. The summed E-state index contributed by atoms with van der Waals surface area (Å²) in [7, 11) is 1.59. The Kier molecular flexibility index (Phi) is 3.35. The highest BCUT2D eigenvalue weighted by Crippen LogP contribution is 2.37. The van der Waals surface area contributed by atoms with E-state index in [1.807, 2.05) is 4.90 Å². The van der Waals surface area contributed by atoms with Crippen LogP contribution in [0.4, 0.5) is 0 Å². The minimum absolute atomic E-state index is 0.104. The van der Waals surface area contributed by atoms with Crippen LogP contribution in [0.1, 0.15) is 24.1 Å². The average Bonchev–Trinajstić information content (AvgIpc) is 3.02. The minimum atomic E-state index is -3.68. The second-order valence-corrected chi connectivity index (χ2v) is 9.18. The number of halogens is 1. The third kappa shape index (κ3) is 2.66. The summed E-state index contributed by atoms with van der Waals surface area (Å²) in [5, 5.41) is 0. The second-order valence-electron chi connectivity index (χ2n) is 5.21. The van der Waals surface area contributed by atoms with Crippen molar-refractivity contribution in [2.45, 2.75) is 35.9 Å². The van der Waals surface area contributed by atoms with E-state index in [-0.39, 0.29) is 16.5 Å². The van der Waals surface area contributed by atoms with Crippen LogP contribution >= 0.6 is 22.0 Å². The molecule has 2 fully saturated rings. The van der Waals surface area contributed by atoms with E-state index < -0.39 is 9.05 Å². The predicted molar refractivity (Wildman–Crippen MR) is 73.9 cm³/mol. The maximum absolute atomic E-state index is 12.2. The van der Waals surface area contributed by atoms with Gasteiger partial charge in [0.1, 0.15) is 4.21 Å². The molecule has 2 unspecified atom stereocenters. The van der Waals surface area contributed by atoms with Crippen molar-refractivity contribution in [3.63, 3.8) is 0 Å². The van der Waals surface area contributed by atoms with E-state index in [1.165, 1.54) is 12.5 Å². The minimum Gasteiger partial charge on any atom is -0.339 e. The van der Waals surface area contributed by atoms with Crippen LogP contribution in [-0.4, -0.2) is 31.8 Å². The fourth-order valence-corrected chi connectivity index (χ4v) is 5.18. The van der Waals surface area contributed by atoms with Crippen LogP contribution < -0.4 is 0 Å². The topological polar surface area (TPSA) is 54.5 Å². The lowest BCUT2D eigenvalue weighted by Gasteiger charge is -2.26. The summed E-state index contributed by atoms with van der Waals surface area (Å²) in [5.74, 6) is 0.781. The first-order valence-electron chi connectivity index (χ1n) is 6.26. The number of amides is 1. The molecule has 0 radical (unpaired) electrons. The van der Waals surface area contributed by atoms with Crippen molar-refractivity contribution in [3.8, 4) is 0 Å². The summed E-state index contributed by atoms with van der Waals surface area (Å²) in [4.78, 5) is 14.9. The summed E-state index contributed by atoms with van der Waals surface area (Å²) in [6.07, 6.45) is 3.77. The SMILES string of the molecule is O=C(Cc1ccc(S(=O)(=O)Cl)s1)N1CC2CCC1C2. The second kappa shape index (κ2) is 4.75. The third-order valence-electron chi connectivity index (χ3n) is 3.93. The molecule has 19 heavy (non-hydrogen) atoms. The number of carbonyl (C=O) groups excluding carboxylic acids is 1. The predicted octanol–water partition coefficient (Wildman–Crippen LogP) is 2.23. The molecular formula is C12H14ClNO3S2. The van der Waals surface area contributed by atoms with Gasteiger partial charge in [-0.25, -0.2) is 8.42 Å². The van der Waals surface area contributed by atoms with Gasteiger partial charge in [-0.15, -0.1) is 11.3 Å². The lowest BCUT2D eigenvalue weighted by atomic mass is 10.1. The van der Waals surface area contributed by atoms with Crippen LogP contribution in [0, 0.1) is 5.92 Å². The van der Waals surface area contributed by atoms with Crippen molar-refractivity contribution in [1.29, 1.82) is 0 Å². The molecule has 4 nitrogen and oxygen atoms in total. The van der Waals surface area contributed by atoms with E-state index in [1.54, 1.807) is 6.07 Å². The van der Waals surface area contributed by atoms with E-state index in [0.29, 0.717) is 12.0 Å². The number of nitrogens with zero attached hydrogens (tertiary/aromatic N) is 1. The Morgan fingerprint density at radius 1 is 1.42 bits per heavy atom. The lowest BCUT2D eigenvalue weighted by molar-refractivity contribution is -0.132. The lowest BCUT2D eigenvalue weighted by Crippen LogP contribution is -2.38. The van der Waals surface area contributed by atoms with Gasteiger partial charge in [0.15, 0.2) is 0 Å². The highest BCUT2D eigenvalue weighted by atomic mass is 35.7. The average molecular weight is 320 g/mol. The van der Waals surface area contributed by atoms with Gasteiger partial charge in [-0.05, 0) is 37.3 Å². The fraction of sp³-hybridized carbons (Fsp3) is 0.583. The number of hydrogen-bond acceptors (Lipinski definition) is 4. The van der Waals surface area contributed by atoms with Crippen molar-refractivity contribution in [3.05, 3.63) is 17.0 Å². The van der Waals surface area contributed by atoms with Gasteiger partial charge in [-0.1, -0.05) is 0 Å². The van der Waals surface area contributed by atoms with Gasteiger partial charge in [-0.2, -0.15) is 0 Å².